The van der Waals surface area contributed by atoms with Crippen LogP contribution >= 0.6 is 11.8 Å². The van der Waals surface area contributed by atoms with Gasteiger partial charge in [0.1, 0.15) is 17.9 Å². The molecule has 0 aliphatic rings. The summed E-state index contributed by atoms with van der Waals surface area (Å²) in [6.07, 6.45) is 2.93. The van der Waals surface area contributed by atoms with Crippen molar-refractivity contribution >= 4 is 17.4 Å². The van der Waals surface area contributed by atoms with Crippen LogP contribution in [0, 0.1) is 11.6 Å². The largest absolute Gasteiger partial charge is 0.399 e. The topological polar surface area (TPSA) is 52.0 Å². The van der Waals surface area contributed by atoms with Crippen molar-refractivity contribution in [2.45, 2.75) is 10.6 Å². The summed E-state index contributed by atoms with van der Waals surface area (Å²) >= 11 is 1.03. The van der Waals surface area contributed by atoms with Crippen molar-refractivity contribution in [2.75, 3.05) is 5.73 Å². The highest BCUT2D eigenvalue weighted by atomic mass is 32.2. The summed E-state index contributed by atoms with van der Waals surface area (Å²) in [7, 11) is 0. The van der Waals surface area contributed by atoms with E-state index in [2.05, 4.69) is 9.68 Å². The molecule has 2 aromatic rings. The predicted molar refractivity (Wildman–Crippen MR) is 56.8 cm³/mol. The zero-order valence-electron chi connectivity index (χ0n) is 8.11. The van der Waals surface area contributed by atoms with Gasteiger partial charge in [0.25, 0.3) is 0 Å². The lowest BCUT2D eigenvalue weighted by Crippen LogP contribution is -1.93. The normalized spacial score (nSPS) is 10.6. The third-order valence-electron chi connectivity index (χ3n) is 1.89. The van der Waals surface area contributed by atoms with Crippen LogP contribution in [0.2, 0.25) is 0 Å². The molecule has 1 heterocycles. The maximum Gasteiger partial charge on any atom is 0.141 e. The molecular weight excluding hydrogens is 234 g/mol. The van der Waals surface area contributed by atoms with E-state index in [1.807, 2.05) is 0 Å². The zero-order valence-corrected chi connectivity index (χ0v) is 8.93. The van der Waals surface area contributed by atoms with Crippen molar-refractivity contribution in [3.8, 4) is 0 Å². The van der Waals surface area contributed by atoms with Crippen molar-refractivity contribution in [2.24, 2.45) is 0 Å². The molecule has 2 rings (SSSR count). The first-order valence-electron chi connectivity index (χ1n) is 4.42. The predicted octanol–water partition coefficient (Wildman–Crippen LogP) is 2.83. The summed E-state index contributed by atoms with van der Waals surface area (Å²) in [5.41, 5.74) is 6.14. The number of nitrogen functional groups attached to an aromatic ring is 1. The molecule has 0 aliphatic carbocycles. The van der Waals surface area contributed by atoms with Crippen LogP contribution in [-0.2, 0) is 5.75 Å². The summed E-state index contributed by atoms with van der Waals surface area (Å²) in [5.74, 6) is -0.917. The van der Waals surface area contributed by atoms with Gasteiger partial charge >= 0.3 is 0 Å². The minimum atomic E-state index is -0.654. The third-order valence-corrected chi connectivity index (χ3v) is 3.04. The van der Waals surface area contributed by atoms with Gasteiger partial charge in [0.15, 0.2) is 0 Å². The summed E-state index contributed by atoms with van der Waals surface area (Å²) in [5, 5.41) is 3.50. The molecule has 0 aliphatic heterocycles. The minimum Gasteiger partial charge on any atom is -0.399 e. The van der Waals surface area contributed by atoms with E-state index in [0.717, 1.165) is 29.5 Å². The number of halogens is 2. The van der Waals surface area contributed by atoms with Gasteiger partial charge < -0.3 is 10.3 Å². The van der Waals surface area contributed by atoms with Crippen LogP contribution < -0.4 is 5.73 Å². The van der Waals surface area contributed by atoms with E-state index in [9.17, 15) is 8.78 Å². The van der Waals surface area contributed by atoms with E-state index in [1.165, 1.54) is 12.5 Å². The van der Waals surface area contributed by atoms with Gasteiger partial charge in [0, 0.05) is 17.0 Å². The Kier molecular flexibility index (Phi) is 3.09. The van der Waals surface area contributed by atoms with Gasteiger partial charge in [0.05, 0.1) is 11.1 Å². The van der Waals surface area contributed by atoms with Gasteiger partial charge in [-0.3, -0.25) is 0 Å². The fourth-order valence-electron chi connectivity index (χ4n) is 1.17. The van der Waals surface area contributed by atoms with Crippen LogP contribution in [0.3, 0.4) is 0 Å². The molecule has 1 aromatic carbocycles. The van der Waals surface area contributed by atoms with Gasteiger partial charge in [-0.25, -0.2) is 8.78 Å². The fraction of sp³-hybridized carbons (Fsp3) is 0.100. The van der Waals surface area contributed by atoms with Gasteiger partial charge in [0.2, 0.25) is 0 Å². The van der Waals surface area contributed by atoms with Crippen molar-refractivity contribution in [1.82, 2.24) is 5.16 Å². The zero-order chi connectivity index (χ0) is 11.5. The maximum absolute atomic E-state index is 13.4. The molecule has 1 aromatic heterocycles. The molecule has 0 saturated heterocycles. The molecule has 0 bridgehead atoms. The number of thioether (sulfide) groups is 1. The smallest absolute Gasteiger partial charge is 0.141 e. The summed E-state index contributed by atoms with van der Waals surface area (Å²) in [6.45, 7) is 0. The number of nitrogens with two attached hydrogens (primary N) is 1. The summed E-state index contributed by atoms with van der Waals surface area (Å²) in [6, 6.07) is 2.19. The van der Waals surface area contributed by atoms with Gasteiger partial charge in [-0.1, -0.05) is 5.16 Å². The number of hydrogen-bond acceptors (Lipinski definition) is 4. The lowest BCUT2D eigenvalue weighted by atomic mass is 10.3. The molecule has 2 N–H and O–H groups in total. The second kappa shape index (κ2) is 4.52. The Morgan fingerprint density at radius 3 is 2.56 bits per heavy atom. The van der Waals surface area contributed by atoms with Crippen molar-refractivity contribution in [3.05, 3.63) is 41.8 Å². The van der Waals surface area contributed by atoms with Gasteiger partial charge in [-0.05, 0) is 12.1 Å². The fourth-order valence-corrected chi connectivity index (χ4v) is 2.02. The molecule has 0 unspecified atom stereocenters. The number of anilines is 1. The van der Waals surface area contributed by atoms with E-state index in [1.54, 1.807) is 0 Å². The Morgan fingerprint density at radius 1 is 1.31 bits per heavy atom. The number of benzene rings is 1. The molecule has 0 amide bonds. The molecule has 0 spiro atoms. The van der Waals surface area contributed by atoms with Crippen molar-refractivity contribution in [3.63, 3.8) is 0 Å². The molecule has 6 heteroatoms. The average molecular weight is 242 g/mol. The lowest BCUT2D eigenvalue weighted by Gasteiger charge is -2.04. The molecule has 16 heavy (non-hydrogen) atoms. The maximum atomic E-state index is 13.4. The van der Waals surface area contributed by atoms with E-state index >= 15 is 0 Å². The second-order valence-corrected chi connectivity index (χ2v) is 4.12. The Labute approximate surface area is 94.6 Å². The second-order valence-electron chi connectivity index (χ2n) is 3.14. The highest BCUT2D eigenvalue weighted by Crippen LogP contribution is 2.29. The van der Waals surface area contributed by atoms with E-state index < -0.39 is 11.6 Å². The Morgan fingerprint density at radius 2 is 2.00 bits per heavy atom. The van der Waals surface area contributed by atoms with E-state index in [-0.39, 0.29) is 10.6 Å². The Bertz CT molecular complexity index is 465. The van der Waals surface area contributed by atoms with Gasteiger partial charge in [-0.15, -0.1) is 11.8 Å². The first kappa shape index (κ1) is 10.9. The Balaban J connectivity index is 2.15. The quantitative estimate of drug-likeness (QED) is 0.664. The van der Waals surface area contributed by atoms with E-state index in [4.69, 9.17) is 5.73 Å². The summed E-state index contributed by atoms with van der Waals surface area (Å²) < 4.78 is 31.3. The first-order chi connectivity index (χ1) is 7.66. The van der Waals surface area contributed by atoms with Crippen molar-refractivity contribution in [1.29, 1.82) is 0 Å². The molecule has 0 atom stereocenters. The van der Waals surface area contributed by atoms with E-state index in [0.29, 0.717) is 5.75 Å². The van der Waals surface area contributed by atoms with Crippen LogP contribution in [0.1, 0.15) is 5.56 Å². The summed E-state index contributed by atoms with van der Waals surface area (Å²) in [4.78, 5) is -0.0459. The molecule has 84 valence electrons. The SMILES string of the molecule is Nc1cc(F)c(SCc2cnoc2)c(F)c1. The lowest BCUT2D eigenvalue weighted by molar-refractivity contribution is 0.419. The van der Waals surface area contributed by atoms with Gasteiger partial charge in [-0.2, -0.15) is 0 Å². The highest BCUT2D eigenvalue weighted by molar-refractivity contribution is 7.98. The minimum absolute atomic E-state index is 0.0459. The number of aromatic nitrogens is 1. The number of rotatable bonds is 3. The standard InChI is InChI=1S/C10H8F2N2OS/c11-8-1-7(13)2-9(12)10(8)16-5-6-3-14-15-4-6/h1-4H,5,13H2. The number of nitrogens with zero attached hydrogens (tertiary/aromatic N) is 1. The third kappa shape index (κ3) is 2.33. The van der Waals surface area contributed by atoms with Crippen LogP contribution in [0.4, 0.5) is 14.5 Å². The van der Waals surface area contributed by atoms with Crippen LogP contribution in [0.5, 0.6) is 0 Å². The number of hydrogen-bond donors (Lipinski definition) is 1. The van der Waals surface area contributed by atoms with Crippen LogP contribution in [-0.4, -0.2) is 5.16 Å². The molecule has 0 fully saturated rings. The molecule has 0 saturated carbocycles. The van der Waals surface area contributed by atoms with Crippen LogP contribution in [0.15, 0.2) is 34.0 Å². The van der Waals surface area contributed by atoms with Crippen molar-refractivity contribution < 1.29 is 13.3 Å². The average Bonchev–Trinajstić information content (AvgIpc) is 2.68. The van der Waals surface area contributed by atoms with Crippen LogP contribution in [0.25, 0.3) is 0 Å². The first-order valence-corrected chi connectivity index (χ1v) is 5.41. The molecule has 0 radical (unpaired) electrons. The molecule has 3 nitrogen and oxygen atoms in total. The highest BCUT2D eigenvalue weighted by Gasteiger charge is 2.11. The Hall–Kier alpha value is -1.56. The molecular formula is C10H8F2N2OS. The monoisotopic (exact) mass is 242 g/mol.